The Bertz CT molecular complexity index is 473. The molecular formula is C24H40O4. The highest BCUT2D eigenvalue weighted by Gasteiger charge is 2.11. The van der Waals surface area contributed by atoms with Gasteiger partial charge < -0.3 is 14.9 Å². The number of allylic oxidation sites excluding steroid dienone is 8. The lowest BCUT2D eigenvalue weighted by Gasteiger charge is -2.11. The Labute approximate surface area is 171 Å². The number of carbonyl (C=O) groups is 1. The van der Waals surface area contributed by atoms with E-state index in [0.29, 0.717) is 18.8 Å². The van der Waals surface area contributed by atoms with Crippen LogP contribution in [0.5, 0.6) is 0 Å². The third-order valence-electron chi connectivity index (χ3n) is 4.19. The molecule has 28 heavy (non-hydrogen) atoms. The molecule has 1 atom stereocenters. The number of aliphatic hydroxyl groups is 2. The van der Waals surface area contributed by atoms with Gasteiger partial charge in [-0.25, -0.2) is 0 Å². The van der Waals surface area contributed by atoms with Crippen molar-refractivity contribution in [3.8, 4) is 0 Å². The van der Waals surface area contributed by atoms with Crippen molar-refractivity contribution in [3.05, 3.63) is 48.6 Å². The minimum atomic E-state index is -0.799. The van der Waals surface area contributed by atoms with Crippen LogP contribution in [0.4, 0.5) is 0 Å². The van der Waals surface area contributed by atoms with Crippen molar-refractivity contribution in [3.63, 3.8) is 0 Å². The highest BCUT2D eigenvalue weighted by Crippen LogP contribution is 2.06. The summed E-state index contributed by atoms with van der Waals surface area (Å²) in [6.07, 6.45) is 25.4. The van der Waals surface area contributed by atoms with Crippen LogP contribution in [0.15, 0.2) is 48.6 Å². The molecule has 0 fully saturated rings. The molecule has 0 rings (SSSR count). The average Bonchev–Trinajstić information content (AvgIpc) is 2.70. The van der Waals surface area contributed by atoms with Crippen molar-refractivity contribution in [1.29, 1.82) is 0 Å². The topological polar surface area (TPSA) is 66.8 Å². The highest BCUT2D eigenvalue weighted by molar-refractivity contribution is 5.69. The molecule has 0 bridgehead atoms. The van der Waals surface area contributed by atoms with Gasteiger partial charge in [0.2, 0.25) is 0 Å². The van der Waals surface area contributed by atoms with Gasteiger partial charge in [0.25, 0.3) is 0 Å². The summed E-state index contributed by atoms with van der Waals surface area (Å²) in [7, 11) is 0. The van der Waals surface area contributed by atoms with Crippen molar-refractivity contribution in [2.24, 2.45) is 5.92 Å². The summed E-state index contributed by atoms with van der Waals surface area (Å²) in [4.78, 5) is 11.5. The third-order valence-corrected chi connectivity index (χ3v) is 4.19. The van der Waals surface area contributed by atoms with E-state index >= 15 is 0 Å². The van der Waals surface area contributed by atoms with Crippen molar-refractivity contribution in [1.82, 2.24) is 0 Å². The van der Waals surface area contributed by atoms with Gasteiger partial charge in [-0.05, 0) is 44.4 Å². The number of rotatable bonds is 17. The number of hydrogen-bond acceptors (Lipinski definition) is 4. The van der Waals surface area contributed by atoms with Crippen LogP contribution in [0.2, 0.25) is 0 Å². The van der Waals surface area contributed by atoms with Crippen molar-refractivity contribution >= 4 is 5.97 Å². The van der Waals surface area contributed by atoms with Crippen molar-refractivity contribution in [2.75, 3.05) is 13.2 Å². The summed E-state index contributed by atoms with van der Waals surface area (Å²) in [5, 5.41) is 17.7. The maximum Gasteiger partial charge on any atom is 0.306 e. The van der Waals surface area contributed by atoms with Gasteiger partial charge in [-0.2, -0.15) is 0 Å². The van der Waals surface area contributed by atoms with E-state index in [4.69, 9.17) is 14.9 Å². The zero-order chi connectivity index (χ0) is 20.9. The first-order chi connectivity index (χ1) is 13.6. The summed E-state index contributed by atoms with van der Waals surface area (Å²) >= 11 is 0. The summed E-state index contributed by atoms with van der Waals surface area (Å²) in [5.74, 6) is 0.116. The van der Waals surface area contributed by atoms with Gasteiger partial charge in [-0.15, -0.1) is 0 Å². The second kappa shape index (κ2) is 20.1. The molecule has 0 saturated carbocycles. The van der Waals surface area contributed by atoms with Gasteiger partial charge in [0.1, 0.15) is 6.10 Å². The molecule has 0 aromatic carbocycles. The fourth-order valence-corrected chi connectivity index (χ4v) is 2.49. The average molecular weight is 393 g/mol. The van der Waals surface area contributed by atoms with E-state index < -0.39 is 6.10 Å². The first-order valence-corrected chi connectivity index (χ1v) is 10.7. The lowest BCUT2D eigenvalue weighted by atomic mass is 10.1. The second-order valence-electron chi connectivity index (χ2n) is 6.99. The van der Waals surface area contributed by atoms with E-state index in [2.05, 4.69) is 62.5 Å². The van der Waals surface area contributed by atoms with Crippen LogP contribution >= 0.6 is 0 Å². The lowest BCUT2D eigenvalue weighted by Crippen LogP contribution is -2.25. The zero-order valence-electron chi connectivity index (χ0n) is 17.8. The Morgan fingerprint density at radius 3 is 2.14 bits per heavy atom. The van der Waals surface area contributed by atoms with E-state index in [1.165, 1.54) is 25.7 Å². The second-order valence-corrected chi connectivity index (χ2v) is 6.99. The number of ether oxygens (including phenoxy) is 1. The van der Waals surface area contributed by atoms with Crippen LogP contribution in [0.3, 0.4) is 0 Å². The molecule has 160 valence electrons. The van der Waals surface area contributed by atoms with Crippen LogP contribution in [0, 0.1) is 5.92 Å². The molecule has 0 radical (unpaired) electrons. The molecule has 0 aliphatic carbocycles. The Kier molecular flexibility index (Phi) is 18.9. The number of hydrogen-bond donors (Lipinski definition) is 2. The molecule has 0 amide bonds. The monoisotopic (exact) mass is 392 g/mol. The minimum absolute atomic E-state index is 0.298. The van der Waals surface area contributed by atoms with E-state index in [-0.39, 0.29) is 19.2 Å². The summed E-state index contributed by atoms with van der Waals surface area (Å²) in [6, 6.07) is 0. The molecular weight excluding hydrogens is 352 g/mol. The van der Waals surface area contributed by atoms with Gasteiger partial charge in [-0.3, -0.25) is 4.79 Å². The van der Waals surface area contributed by atoms with Crippen molar-refractivity contribution < 1.29 is 19.7 Å². The number of unbranched alkanes of at least 4 members (excludes halogenated alkanes) is 4. The molecule has 2 N–H and O–H groups in total. The highest BCUT2D eigenvalue weighted by atomic mass is 16.6. The Hall–Kier alpha value is -1.65. The van der Waals surface area contributed by atoms with Crippen molar-refractivity contribution in [2.45, 2.75) is 77.7 Å². The maximum absolute atomic E-state index is 11.5. The first kappa shape index (κ1) is 26.4. The molecule has 4 heteroatoms. The van der Waals surface area contributed by atoms with Gasteiger partial charge in [0.05, 0.1) is 13.2 Å². The maximum atomic E-state index is 11.5. The van der Waals surface area contributed by atoms with E-state index in [9.17, 15) is 4.79 Å². The summed E-state index contributed by atoms with van der Waals surface area (Å²) in [5.41, 5.74) is 0. The van der Waals surface area contributed by atoms with Gasteiger partial charge in [0.15, 0.2) is 0 Å². The number of carbonyl (C=O) groups excluding carboxylic acids is 1. The summed E-state index contributed by atoms with van der Waals surface area (Å²) < 4.78 is 4.90. The lowest BCUT2D eigenvalue weighted by molar-refractivity contribution is -0.153. The number of aliphatic hydroxyl groups excluding tert-OH is 2. The standard InChI is InChI=1S/C24H40O4/c1-3-4-5-11-14-17-22(2)18-15-12-9-7-6-8-10-13-16-19-24(27)28-23(20-25)21-26/h7-10,14-15,17-18,22-23,25-26H,3-6,11-13,16,19-21H2,1-2H3/b9-7-,10-8-,17-14-,18-15-/t22-/m0/s1. The molecule has 0 aromatic rings. The predicted molar refractivity (Wildman–Crippen MR) is 117 cm³/mol. The molecule has 4 nitrogen and oxygen atoms in total. The molecule has 0 aliphatic heterocycles. The molecule has 0 spiro atoms. The van der Waals surface area contributed by atoms with Gasteiger partial charge in [-0.1, -0.05) is 75.3 Å². The van der Waals surface area contributed by atoms with Crippen LogP contribution in [-0.4, -0.2) is 35.5 Å². The Morgan fingerprint density at radius 2 is 1.46 bits per heavy atom. The SMILES string of the molecule is CCCCC/C=C\[C@H](C)/C=C\C/C=C\C/C=C\CCCC(=O)OC(CO)CO. The molecule has 0 heterocycles. The fraction of sp³-hybridized carbons (Fsp3) is 0.625. The van der Waals surface area contributed by atoms with Crippen LogP contribution in [0.1, 0.15) is 71.6 Å². The van der Waals surface area contributed by atoms with E-state index in [0.717, 1.165) is 19.3 Å². The first-order valence-electron chi connectivity index (χ1n) is 10.7. The smallest absolute Gasteiger partial charge is 0.306 e. The molecule has 0 unspecified atom stereocenters. The zero-order valence-corrected chi connectivity index (χ0v) is 17.8. The van der Waals surface area contributed by atoms with Gasteiger partial charge in [0, 0.05) is 6.42 Å². The molecule has 0 aliphatic rings. The fourth-order valence-electron chi connectivity index (χ4n) is 2.49. The normalized spacial score (nSPS) is 13.6. The Balaban J connectivity index is 3.69. The minimum Gasteiger partial charge on any atom is -0.457 e. The van der Waals surface area contributed by atoms with E-state index in [1.807, 2.05) is 0 Å². The quantitative estimate of drug-likeness (QED) is 0.201. The van der Waals surface area contributed by atoms with Crippen LogP contribution in [-0.2, 0) is 9.53 Å². The van der Waals surface area contributed by atoms with Crippen LogP contribution in [0.25, 0.3) is 0 Å². The van der Waals surface area contributed by atoms with Crippen LogP contribution < -0.4 is 0 Å². The third kappa shape index (κ3) is 17.7. The van der Waals surface area contributed by atoms with E-state index in [1.54, 1.807) is 0 Å². The molecule has 0 saturated heterocycles. The molecule has 0 aromatic heterocycles. The summed E-state index contributed by atoms with van der Waals surface area (Å²) in [6.45, 7) is 3.74. The van der Waals surface area contributed by atoms with Gasteiger partial charge >= 0.3 is 5.97 Å². The Morgan fingerprint density at radius 1 is 0.857 bits per heavy atom. The largest absolute Gasteiger partial charge is 0.457 e. The number of esters is 1. The predicted octanol–water partition coefficient (Wildman–Crippen LogP) is 5.27.